The van der Waals surface area contributed by atoms with Crippen LogP contribution in [0.5, 0.6) is 5.75 Å². The first-order valence-corrected chi connectivity index (χ1v) is 7.33. The Balaban J connectivity index is 1.65. The van der Waals surface area contributed by atoms with Crippen molar-refractivity contribution < 1.29 is 9.47 Å². The highest BCUT2D eigenvalue weighted by molar-refractivity contribution is 5.26. The van der Waals surface area contributed by atoms with Crippen molar-refractivity contribution in [1.29, 1.82) is 0 Å². The van der Waals surface area contributed by atoms with E-state index in [-0.39, 0.29) is 0 Å². The van der Waals surface area contributed by atoms with Crippen LogP contribution in [0.1, 0.15) is 38.2 Å². The van der Waals surface area contributed by atoms with E-state index >= 15 is 0 Å². The topological polar surface area (TPSA) is 44.5 Å². The Morgan fingerprint density at radius 1 is 1.11 bits per heavy atom. The van der Waals surface area contributed by atoms with Crippen molar-refractivity contribution in [2.75, 3.05) is 13.2 Å². The van der Waals surface area contributed by atoms with Crippen LogP contribution in [0.15, 0.2) is 24.3 Å². The fourth-order valence-corrected chi connectivity index (χ4v) is 2.61. The highest BCUT2D eigenvalue weighted by Crippen LogP contribution is 2.26. The summed E-state index contributed by atoms with van der Waals surface area (Å²) in [5, 5.41) is 0. The number of benzene rings is 1. The highest BCUT2D eigenvalue weighted by atomic mass is 16.5. The van der Waals surface area contributed by atoms with Crippen LogP contribution >= 0.6 is 0 Å². The Kier molecular flexibility index (Phi) is 5.67. The van der Waals surface area contributed by atoms with Crippen molar-refractivity contribution in [2.24, 2.45) is 11.7 Å². The molecule has 2 atom stereocenters. The lowest BCUT2D eigenvalue weighted by Gasteiger charge is -2.28. The van der Waals surface area contributed by atoms with Gasteiger partial charge in [0.1, 0.15) is 12.4 Å². The molecule has 0 saturated heterocycles. The Hall–Kier alpha value is -1.06. The lowest BCUT2D eigenvalue weighted by molar-refractivity contribution is -0.0165. The number of hydrogen-bond donors (Lipinski definition) is 1. The molecule has 1 aromatic rings. The third-order valence-corrected chi connectivity index (χ3v) is 3.88. The first kappa shape index (κ1) is 14.4. The van der Waals surface area contributed by atoms with Gasteiger partial charge in [0.15, 0.2) is 0 Å². The maximum atomic E-state index is 5.92. The summed E-state index contributed by atoms with van der Waals surface area (Å²) in [5.74, 6) is 1.58. The molecule has 3 heteroatoms. The van der Waals surface area contributed by atoms with Crippen LogP contribution in [-0.2, 0) is 11.3 Å². The molecule has 1 aliphatic rings. The summed E-state index contributed by atoms with van der Waals surface area (Å²) in [4.78, 5) is 0. The molecule has 0 bridgehead atoms. The van der Waals surface area contributed by atoms with Gasteiger partial charge in [-0.1, -0.05) is 31.9 Å². The minimum atomic E-state index is 0.428. The summed E-state index contributed by atoms with van der Waals surface area (Å²) in [6.07, 6.45) is 5.58. The average molecular weight is 263 g/mol. The van der Waals surface area contributed by atoms with Gasteiger partial charge in [0.2, 0.25) is 0 Å². The predicted molar refractivity (Wildman–Crippen MR) is 77.2 cm³/mol. The second-order valence-electron chi connectivity index (χ2n) is 5.37. The third kappa shape index (κ3) is 4.51. The van der Waals surface area contributed by atoms with Crippen LogP contribution in [0.3, 0.4) is 0 Å². The van der Waals surface area contributed by atoms with Crippen LogP contribution < -0.4 is 10.5 Å². The van der Waals surface area contributed by atoms with E-state index in [1.807, 2.05) is 24.3 Å². The van der Waals surface area contributed by atoms with Crippen LogP contribution in [0.4, 0.5) is 0 Å². The monoisotopic (exact) mass is 263 g/mol. The van der Waals surface area contributed by atoms with E-state index in [0.717, 1.165) is 11.3 Å². The molecule has 0 aliphatic heterocycles. The van der Waals surface area contributed by atoms with Crippen LogP contribution in [0.25, 0.3) is 0 Å². The fraction of sp³-hybridized carbons (Fsp3) is 0.625. The zero-order chi connectivity index (χ0) is 13.5. The van der Waals surface area contributed by atoms with E-state index in [9.17, 15) is 0 Å². The molecule has 1 aliphatic carbocycles. The molecule has 2 unspecified atom stereocenters. The van der Waals surface area contributed by atoms with Gasteiger partial charge in [-0.25, -0.2) is 0 Å². The van der Waals surface area contributed by atoms with E-state index in [4.69, 9.17) is 15.2 Å². The maximum Gasteiger partial charge on any atom is 0.119 e. The van der Waals surface area contributed by atoms with E-state index in [1.54, 1.807) is 0 Å². The Bertz CT molecular complexity index is 364. The minimum absolute atomic E-state index is 0.428. The number of ether oxygens (including phenoxy) is 2. The van der Waals surface area contributed by atoms with Crippen LogP contribution in [0.2, 0.25) is 0 Å². The van der Waals surface area contributed by atoms with Crippen molar-refractivity contribution in [3.8, 4) is 5.75 Å². The van der Waals surface area contributed by atoms with Gasteiger partial charge >= 0.3 is 0 Å². The van der Waals surface area contributed by atoms with Gasteiger partial charge in [-0.3, -0.25) is 0 Å². The molecular weight excluding hydrogens is 238 g/mol. The van der Waals surface area contributed by atoms with Crippen molar-refractivity contribution in [3.05, 3.63) is 29.8 Å². The second-order valence-corrected chi connectivity index (χ2v) is 5.37. The van der Waals surface area contributed by atoms with Gasteiger partial charge in [0.25, 0.3) is 0 Å². The van der Waals surface area contributed by atoms with Crippen molar-refractivity contribution in [1.82, 2.24) is 0 Å². The quantitative estimate of drug-likeness (QED) is 0.802. The summed E-state index contributed by atoms with van der Waals surface area (Å²) in [6.45, 7) is 4.15. The lowest BCUT2D eigenvalue weighted by Crippen LogP contribution is -2.27. The molecule has 1 fully saturated rings. The predicted octanol–water partition coefficient (Wildman–Crippen LogP) is 3.12. The molecule has 0 amide bonds. The standard InChI is InChI=1S/C16H25NO2/c1-13-4-2-3-5-16(13)19-11-10-18-15-8-6-14(12-17)7-9-15/h6-9,13,16H,2-5,10-12,17H2,1H3. The summed E-state index contributed by atoms with van der Waals surface area (Å²) < 4.78 is 11.6. The normalized spacial score (nSPS) is 23.3. The van der Waals surface area contributed by atoms with Gasteiger partial charge in [-0.15, -0.1) is 0 Å². The summed E-state index contributed by atoms with van der Waals surface area (Å²) >= 11 is 0. The third-order valence-electron chi connectivity index (χ3n) is 3.88. The van der Waals surface area contributed by atoms with Gasteiger partial charge in [-0.2, -0.15) is 0 Å². The van der Waals surface area contributed by atoms with E-state index < -0.39 is 0 Å². The van der Waals surface area contributed by atoms with E-state index in [0.29, 0.717) is 31.8 Å². The summed E-state index contributed by atoms with van der Waals surface area (Å²) in [6, 6.07) is 7.93. The zero-order valence-electron chi connectivity index (χ0n) is 11.8. The first-order chi connectivity index (χ1) is 9.29. The molecule has 2 N–H and O–H groups in total. The highest BCUT2D eigenvalue weighted by Gasteiger charge is 2.21. The molecule has 1 aromatic carbocycles. The van der Waals surface area contributed by atoms with Crippen LogP contribution in [-0.4, -0.2) is 19.3 Å². The number of rotatable bonds is 6. The molecule has 19 heavy (non-hydrogen) atoms. The molecule has 0 heterocycles. The van der Waals surface area contributed by atoms with Crippen molar-refractivity contribution in [2.45, 2.75) is 45.3 Å². The minimum Gasteiger partial charge on any atom is -0.491 e. The molecule has 0 radical (unpaired) electrons. The molecule has 2 rings (SSSR count). The van der Waals surface area contributed by atoms with Gasteiger partial charge in [-0.05, 0) is 36.5 Å². The molecule has 0 spiro atoms. The molecule has 1 saturated carbocycles. The fourth-order valence-electron chi connectivity index (χ4n) is 2.61. The number of nitrogens with two attached hydrogens (primary N) is 1. The second kappa shape index (κ2) is 7.51. The van der Waals surface area contributed by atoms with E-state index in [1.165, 1.54) is 25.7 Å². The Morgan fingerprint density at radius 2 is 1.84 bits per heavy atom. The van der Waals surface area contributed by atoms with Crippen LogP contribution in [0, 0.1) is 5.92 Å². The summed E-state index contributed by atoms with van der Waals surface area (Å²) in [5.41, 5.74) is 6.68. The molecule has 3 nitrogen and oxygen atoms in total. The SMILES string of the molecule is CC1CCCCC1OCCOc1ccc(CN)cc1. The smallest absolute Gasteiger partial charge is 0.119 e. The van der Waals surface area contributed by atoms with Gasteiger partial charge < -0.3 is 15.2 Å². The molecule has 106 valence electrons. The van der Waals surface area contributed by atoms with Gasteiger partial charge in [0, 0.05) is 6.54 Å². The lowest BCUT2D eigenvalue weighted by atomic mass is 9.88. The largest absolute Gasteiger partial charge is 0.491 e. The van der Waals surface area contributed by atoms with Gasteiger partial charge in [0.05, 0.1) is 12.7 Å². The first-order valence-electron chi connectivity index (χ1n) is 7.33. The van der Waals surface area contributed by atoms with Crippen molar-refractivity contribution >= 4 is 0 Å². The van der Waals surface area contributed by atoms with Crippen molar-refractivity contribution in [3.63, 3.8) is 0 Å². The summed E-state index contributed by atoms with van der Waals surface area (Å²) in [7, 11) is 0. The van der Waals surface area contributed by atoms with E-state index in [2.05, 4.69) is 6.92 Å². The average Bonchev–Trinajstić information content (AvgIpc) is 2.46. The Morgan fingerprint density at radius 3 is 2.53 bits per heavy atom. The number of hydrogen-bond acceptors (Lipinski definition) is 3. The zero-order valence-corrected chi connectivity index (χ0v) is 11.8. The Labute approximate surface area is 116 Å². The molecule has 0 aromatic heterocycles. The molecular formula is C16H25NO2. The maximum absolute atomic E-state index is 5.92.